The molecular formula is C20H32N6O4. The number of hydrogen-bond acceptors (Lipinski definition) is 7. The third kappa shape index (κ3) is 5.74. The van der Waals surface area contributed by atoms with Crippen LogP contribution in [0.4, 0.5) is 17.4 Å². The number of aromatic nitrogens is 3. The van der Waals surface area contributed by atoms with Crippen molar-refractivity contribution in [2.75, 3.05) is 29.0 Å². The molecule has 0 saturated heterocycles. The number of hydrogen-bond donors (Lipinski definition) is 3. The molecule has 0 aromatic carbocycles. The second kappa shape index (κ2) is 10.1. The van der Waals surface area contributed by atoms with Gasteiger partial charge in [0.2, 0.25) is 11.8 Å². The minimum atomic E-state index is -0.611. The van der Waals surface area contributed by atoms with Crippen LogP contribution >= 0.6 is 0 Å². The van der Waals surface area contributed by atoms with E-state index < -0.39 is 11.2 Å². The molecule has 2 heterocycles. The van der Waals surface area contributed by atoms with Crippen molar-refractivity contribution < 1.29 is 9.32 Å². The van der Waals surface area contributed by atoms with Gasteiger partial charge in [-0.05, 0) is 18.3 Å². The summed E-state index contributed by atoms with van der Waals surface area (Å²) in [4.78, 5) is 41.3. The minimum absolute atomic E-state index is 0.0624. The van der Waals surface area contributed by atoms with Crippen LogP contribution in [0.2, 0.25) is 0 Å². The zero-order chi connectivity index (χ0) is 22.4. The lowest BCUT2D eigenvalue weighted by Crippen LogP contribution is -2.43. The van der Waals surface area contributed by atoms with Crippen LogP contribution in [0.15, 0.2) is 20.2 Å². The Labute approximate surface area is 175 Å². The topological polar surface area (TPSA) is 139 Å². The second-order valence-electron chi connectivity index (χ2n) is 8.09. The summed E-state index contributed by atoms with van der Waals surface area (Å²) in [5, 5.41) is 6.57. The fraction of sp³-hybridized carbons (Fsp3) is 0.600. The molecule has 10 nitrogen and oxygen atoms in total. The van der Waals surface area contributed by atoms with E-state index in [2.05, 4.69) is 15.5 Å². The zero-order valence-electron chi connectivity index (χ0n) is 18.3. The first kappa shape index (κ1) is 23.2. The largest absolute Gasteiger partial charge is 0.383 e. The molecule has 0 bridgehead atoms. The third-order valence-corrected chi connectivity index (χ3v) is 4.57. The predicted molar refractivity (Wildman–Crippen MR) is 117 cm³/mol. The van der Waals surface area contributed by atoms with E-state index >= 15 is 0 Å². The van der Waals surface area contributed by atoms with Gasteiger partial charge in [-0.15, -0.1) is 0 Å². The number of nitrogen functional groups attached to an aromatic ring is 1. The first-order valence-electron chi connectivity index (χ1n) is 10.3. The standard InChI is InChI=1S/C20H32N6O4/c1-6-7-8-26-18(21)17(19(28)23-20(26)29)25(10-12(2)3)11-15(27)22-16-9-14(13(4)5)24-30-16/h9,12-13H,6-8,10-11,21H2,1-5H3,(H,22,27)(H,23,28,29). The Morgan fingerprint density at radius 1 is 1.33 bits per heavy atom. The van der Waals surface area contributed by atoms with Gasteiger partial charge < -0.3 is 15.2 Å². The number of aromatic amines is 1. The highest BCUT2D eigenvalue weighted by Crippen LogP contribution is 2.20. The number of amides is 1. The number of nitrogens with two attached hydrogens (primary N) is 1. The van der Waals surface area contributed by atoms with Gasteiger partial charge in [-0.3, -0.25) is 24.5 Å². The van der Waals surface area contributed by atoms with Crippen molar-refractivity contribution >= 4 is 23.3 Å². The van der Waals surface area contributed by atoms with Crippen molar-refractivity contribution in [1.29, 1.82) is 0 Å². The lowest BCUT2D eigenvalue weighted by atomic mass is 10.1. The number of unbranched alkanes of at least 4 members (excludes halogenated alkanes) is 1. The molecule has 4 N–H and O–H groups in total. The predicted octanol–water partition coefficient (Wildman–Crippen LogP) is 2.13. The van der Waals surface area contributed by atoms with Crippen LogP contribution in [0.5, 0.6) is 0 Å². The van der Waals surface area contributed by atoms with Crippen LogP contribution in [0.25, 0.3) is 0 Å². The molecule has 0 atom stereocenters. The van der Waals surface area contributed by atoms with Crippen LogP contribution < -0.4 is 27.2 Å². The maximum atomic E-state index is 12.6. The number of nitrogens with zero attached hydrogens (tertiary/aromatic N) is 3. The van der Waals surface area contributed by atoms with E-state index in [-0.39, 0.29) is 41.7 Å². The monoisotopic (exact) mass is 420 g/mol. The molecule has 1 amide bonds. The third-order valence-electron chi connectivity index (χ3n) is 4.57. The van der Waals surface area contributed by atoms with E-state index in [0.717, 1.165) is 18.5 Å². The average Bonchev–Trinajstić information content (AvgIpc) is 3.09. The number of nitrogens with one attached hydrogen (secondary N) is 2. The molecule has 30 heavy (non-hydrogen) atoms. The van der Waals surface area contributed by atoms with Gasteiger partial charge in [0.25, 0.3) is 5.56 Å². The molecule has 0 radical (unpaired) electrons. The fourth-order valence-electron chi connectivity index (χ4n) is 3.07. The normalized spacial score (nSPS) is 11.3. The van der Waals surface area contributed by atoms with E-state index in [1.54, 1.807) is 11.0 Å². The molecule has 2 aromatic heterocycles. The Balaban J connectivity index is 2.31. The number of anilines is 3. The van der Waals surface area contributed by atoms with E-state index in [0.29, 0.717) is 13.1 Å². The number of carbonyl (C=O) groups is 1. The Hall–Kier alpha value is -3.04. The summed E-state index contributed by atoms with van der Waals surface area (Å²) < 4.78 is 6.50. The smallest absolute Gasteiger partial charge is 0.330 e. The second-order valence-corrected chi connectivity index (χ2v) is 8.09. The summed E-state index contributed by atoms with van der Waals surface area (Å²) in [6.07, 6.45) is 1.61. The molecule has 0 spiro atoms. The van der Waals surface area contributed by atoms with Crippen LogP contribution in [-0.2, 0) is 11.3 Å². The Kier molecular flexibility index (Phi) is 7.85. The van der Waals surface area contributed by atoms with Crippen molar-refractivity contribution in [3.63, 3.8) is 0 Å². The molecule has 166 valence electrons. The quantitative estimate of drug-likeness (QED) is 0.535. The molecule has 0 unspecified atom stereocenters. The van der Waals surface area contributed by atoms with E-state index in [4.69, 9.17) is 10.3 Å². The van der Waals surface area contributed by atoms with E-state index in [1.165, 1.54) is 4.57 Å². The summed E-state index contributed by atoms with van der Waals surface area (Å²) in [6, 6.07) is 1.67. The summed E-state index contributed by atoms with van der Waals surface area (Å²) in [6.45, 7) is 10.5. The van der Waals surface area contributed by atoms with E-state index in [1.807, 2.05) is 34.6 Å². The maximum Gasteiger partial charge on any atom is 0.330 e. The number of carbonyl (C=O) groups excluding carboxylic acids is 1. The first-order valence-corrected chi connectivity index (χ1v) is 10.3. The van der Waals surface area contributed by atoms with Crippen molar-refractivity contribution in [1.82, 2.24) is 14.7 Å². The highest BCUT2D eigenvalue weighted by atomic mass is 16.5. The SMILES string of the molecule is CCCCn1c(N)c(N(CC(=O)Nc2cc(C(C)C)no2)CC(C)C)c(=O)[nH]c1=O. The van der Waals surface area contributed by atoms with Gasteiger partial charge in [-0.1, -0.05) is 46.2 Å². The molecular weight excluding hydrogens is 388 g/mol. The van der Waals surface area contributed by atoms with Gasteiger partial charge >= 0.3 is 5.69 Å². The number of H-pyrrole nitrogens is 1. The first-order chi connectivity index (χ1) is 14.1. The highest BCUT2D eigenvalue weighted by molar-refractivity contribution is 5.93. The summed E-state index contributed by atoms with van der Waals surface area (Å²) >= 11 is 0. The Bertz CT molecular complexity index is 972. The Morgan fingerprint density at radius 3 is 2.60 bits per heavy atom. The van der Waals surface area contributed by atoms with Crippen LogP contribution in [0.1, 0.15) is 59.1 Å². The minimum Gasteiger partial charge on any atom is -0.383 e. The molecule has 0 aliphatic carbocycles. The van der Waals surface area contributed by atoms with Crippen LogP contribution in [0, 0.1) is 5.92 Å². The van der Waals surface area contributed by atoms with Crippen molar-refractivity contribution in [3.8, 4) is 0 Å². The fourth-order valence-corrected chi connectivity index (χ4v) is 3.07. The van der Waals surface area contributed by atoms with Gasteiger partial charge in [0.05, 0.1) is 12.2 Å². The van der Waals surface area contributed by atoms with Crippen molar-refractivity contribution in [3.05, 3.63) is 32.6 Å². The van der Waals surface area contributed by atoms with Crippen molar-refractivity contribution in [2.24, 2.45) is 5.92 Å². The molecule has 10 heteroatoms. The lowest BCUT2D eigenvalue weighted by Gasteiger charge is -2.27. The van der Waals surface area contributed by atoms with Gasteiger partial charge in [0.1, 0.15) is 11.5 Å². The van der Waals surface area contributed by atoms with Gasteiger partial charge in [-0.2, -0.15) is 0 Å². The van der Waals surface area contributed by atoms with Crippen molar-refractivity contribution in [2.45, 2.75) is 59.9 Å². The summed E-state index contributed by atoms with van der Waals surface area (Å²) in [5.41, 5.74) is 5.90. The molecule has 2 rings (SSSR count). The van der Waals surface area contributed by atoms with Gasteiger partial charge in [0, 0.05) is 19.2 Å². The summed E-state index contributed by atoms with van der Waals surface area (Å²) in [7, 11) is 0. The van der Waals surface area contributed by atoms with Gasteiger partial charge in [0.15, 0.2) is 0 Å². The molecule has 0 fully saturated rings. The zero-order valence-corrected chi connectivity index (χ0v) is 18.3. The summed E-state index contributed by atoms with van der Waals surface area (Å²) in [5.74, 6) is 0.229. The maximum absolute atomic E-state index is 12.6. The average molecular weight is 421 g/mol. The Morgan fingerprint density at radius 2 is 2.03 bits per heavy atom. The van der Waals surface area contributed by atoms with E-state index in [9.17, 15) is 14.4 Å². The lowest BCUT2D eigenvalue weighted by molar-refractivity contribution is -0.115. The molecule has 0 aliphatic heterocycles. The van der Waals surface area contributed by atoms with Crippen LogP contribution in [0.3, 0.4) is 0 Å². The molecule has 0 saturated carbocycles. The number of rotatable bonds is 10. The highest BCUT2D eigenvalue weighted by Gasteiger charge is 2.22. The van der Waals surface area contributed by atoms with Gasteiger partial charge in [-0.25, -0.2) is 4.79 Å². The van der Waals surface area contributed by atoms with Crippen LogP contribution in [-0.4, -0.2) is 33.7 Å². The molecule has 2 aromatic rings. The molecule has 0 aliphatic rings.